The molecule has 4 rings (SSSR count). The number of hydrogen-bond donors (Lipinski definition) is 1. The van der Waals surface area contributed by atoms with Crippen LogP contribution in [0.1, 0.15) is 24.3 Å². The highest BCUT2D eigenvalue weighted by atomic mass is 19.1. The maximum Gasteiger partial charge on any atom is 0.248 e. The highest BCUT2D eigenvalue weighted by Gasteiger charge is 2.49. The molecular formula is C24H29FN2O3. The van der Waals surface area contributed by atoms with Crippen LogP contribution in [0.2, 0.25) is 0 Å². The lowest BCUT2D eigenvalue weighted by Crippen LogP contribution is -2.68. The van der Waals surface area contributed by atoms with E-state index in [-0.39, 0.29) is 42.9 Å². The Bertz CT molecular complexity index is 856. The van der Waals surface area contributed by atoms with E-state index in [1.54, 1.807) is 19.2 Å². The summed E-state index contributed by atoms with van der Waals surface area (Å²) in [7, 11) is 1.55. The van der Waals surface area contributed by atoms with Gasteiger partial charge in [0.2, 0.25) is 5.91 Å². The van der Waals surface area contributed by atoms with E-state index in [0.717, 1.165) is 37.1 Å². The van der Waals surface area contributed by atoms with Crippen LogP contribution in [0.5, 0.6) is 0 Å². The summed E-state index contributed by atoms with van der Waals surface area (Å²) in [6.45, 7) is 2.57. The first kappa shape index (κ1) is 21.0. The van der Waals surface area contributed by atoms with Gasteiger partial charge in [0, 0.05) is 38.2 Å². The molecule has 2 aliphatic rings. The normalized spacial score (nSPS) is 24.5. The molecule has 1 amide bonds. The highest BCUT2D eigenvalue weighted by molar-refractivity contribution is 5.77. The summed E-state index contributed by atoms with van der Waals surface area (Å²) < 4.78 is 18.3. The van der Waals surface area contributed by atoms with Crippen molar-refractivity contribution in [3.63, 3.8) is 0 Å². The van der Waals surface area contributed by atoms with Gasteiger partial charge in [-0.25, -0.2) is 4.39 Å². The van der Waals surface area contributed by atoms with E-state index in [1.165, 1.54) is 17.7 Å². The van der Waals surface area contributed by atoms with Gasteiger partial charge >= 0.3 is 0 Å². The van der Waals surface area contributed by atoms with E-state index < -0.39 is 0 Å². The fraction of sp³-hybridized carbons (Fsp3) is 0.458. The summed E-state index contributed by atoms with van der Waals surface area (Å²) in [5.41, 5.74) is 3.17. The fourth-order valence-electron chi connectivity index (χ4n) is 4.92. The van der Waals surface area contributed by atoms with Crippen molar-refractivity contribution >= 4 is 5.91 Å². The molecule has 0 bridgehead atoms. The van der Waals surface area contributed by atoms with Gasteiger partial charge in [0.25, 0.3) is 0 Å². The monoisotopic (exact) mass is 412 g/mol. The number of fused-ring (bicyclic) bond motifs is 1. The Morgan fingerprint density at radius 2 is 1.70 bits per heavy atom. The summed E-state index contributed by atoms with van der Waals surface area (Å²) >= 11 is 0. The molecule has 160 valence electrons. The highest BCUT2D eigenvalue weighted by Crippen LogP contribution is 2.42. The van der Waals surface area contributed by atoms with Crippen LogP contribution in [0.25, 0.3) is 11.1 Å². The summed E-state index contributed by atoms with van der Waals surface area (Å²) in [4.78, 5) is 16.7. The molecule has 2 saturated heterocycles. The van der Waals surface area contributed by atoms with E-state index in [0.29, 0.717) is 6.54 Å². The summed E-state index contributed by atoms with van der Waals surface area (Å²) in [6.07, 6.45) is 1.98. The summed E-state index contributed by atoms with van der Waals surface area (Å²) in [6, 6.07) is 15.1. The number of aliphatic hydroxyl groups is 1. The first-order valence-corrected chi connectivity index (χ1v) is 10.6. The predicted molar refractivity (Wildman–Crippen MR) is 114 cm³/mol. The smallest absolute Gasteiger partial charge is 0.248 e. The number of halogens is 1. The molecule has 2 aromatic carbocycles. The molecule has 0 unspecified atom stereocenters. The van der Waals surface area contributed by atoms with E-state index in [1.807, 2.05) is 4.90 Å². The van der Waals surface area contributed by atoms with Crippen LogP contribution < -0.4 is 0 Å². The molecule has 2 aromatic rings. The fourth-order valence-corrected chi connectivity index (χ4v) is 4.92. The molecule has 0 radical (unpaired) electrons. The number of carbonyl (C=O) groups excluding carboxylic acids is 1. The van der Waals surface area contributed by atoms with Gasteiger partial charge in [-0.3, -0.25) is 9.69 Å². The lowest BCUT2D eigenvalue weighted by Gasteiger charge is -2.57. The minimum absolute atomic E-state index is 0.0252. The Kier molecular flexibility index (Phi) is 6.46. The van der Waals surface area contributed by atoms with Gasteiger partial charge in [0.15, 0.2) is 0 Å². The van der Waals surface area contributed by atoms with Crippen LogP contribution in [-0.4, -0.2) is 72.9 Å². The molecule has 3 atom stereocenters. The largest absolute Gasteiger partial charge is 0.395 e. The van der Waals surface area contributed by atoms with Gasteiger partial charge < -0.3 is 14.7 Å². The predicted octanol–water partition coefficient (Wildman–Crippen LogP) is 2.89. The Morgan fingerprint density at radius 3 is 2.33 bits per heavy atom. The van der Waals surface area contributed by atoms with Gasteiger partial charge in [-0.15, -0.1) is 0 Å². The number of carbonyl (C=O) groups is 1. The summed E-state index contributed by atoms with van der Waals surface area (Å²) in [5, 5.41) is 10.1. The van der Waals surface area contributed by atoms with Crippen molar-refractivity contribution < 1.29 is 19.0 Å². The quantitative estimate of drug-likeness (QED) is 0.821. The number of ether oxygens (including phenoxy) is 1. The topological polar surface area (TPSA) is 53.0 Å². The zero-order valence-electron chi connectivity index (χ0n) is 17.3. The molecule has 6 heteroatoms. The second kappa shape index (κ2) is 9.25. The van der Waals surface area contributed by atoms with Crippen molar-refractivity contribution in [3.8, 4) is 11.1 Å². The van der Waals surface area contributed by atoms with Crippen LogP contribution in [0.15, 0.2) is 48.5 Å². The number of benzene rings is 2. The Hall–Kier alpha value is -2.28. The lowest BCUT2D eigenvalue weighted by molar-refractivity contribution is -0.140. The minimum atomic E-state index is -0.243. The average molecular weight is 413 g/mol. The molecule has 0 aliphatic carbocycles. The number of methoxy groups -OCH3 is 1. The SMILES string of the molecule is COCC(=O)N1CCCCN2[C@H](CO)[C@@H](c3ccc(-c4ccc(F)cc4)cc3)[C@@H]2C1. The van der Waals surface area contributed by atoms with E-state index in [2.05, 4.69) is 29.2 Å². The zero-order chi connectivity index (χ0) is 21.1. The molecule has 2 heterocycles. The van der Waals surface area contributed by atoms with Crippen LogP contribution in [-0.2, 0) is 9.53 Å². The summed E-state index contributed by atoms with van der Waals surface area (Å²) in [5.74, 6) is -0.0435. The van der Waals surface area contributed by atoms with Crippen LogP contribution in [0.4, 0.5) is 4.39 Å². The third kappa shape index (κ3) is 4.13. The number of rotatable bonds is 5. The minimum Gasteiger partial charge on any atom is -0.395 e. The van der Waals surface area contributed by atoms with Gasteiger partial charge in [-0.1, -0.05) is 36.4 Å². The second-order valence-corrected chi connectivity index (χ2v) is 8.19. The van der Waals surface area contributed by atoms with Gasteiger partial charge in [-0.2, -0.15) is 0 Å². The number of amides is 1. The molecule has 0 saturated carbocycles. The van der Waals surface area contributed by atoms with Crippen molar-refractivity contribution in [3.05, 3.63) is 59.9 Å². The van der Waals surface area contributed by atoms with Crippen molar-refractivity contribution in [2.75, 3.05) is 40.0 Å². The molecule has 0 aromatic heterocycles. The zero-order valence-corrected chi connectivity index (χ0v) is 17.3. The molecule has 2 fully saturated rings. The second-order valence-electron chi connectivity index (χ2n) is 8.19. The first-order chi connectivity index (χ1) is 14.6. The van der Waals surface area contributed by atoms with Crippen molar-refractivity contribution in [2.45, 2.75) is 30.8 Å². The molecule has 1 N–H and O–H groups in total. The van der Waals surface area contributed by atoms with Gasteiger partial charge in [0.05, 0.1) is 6.61 Å². The molecule has 30 heavy (non-hydrogen) atoms. The van der Waals surface area contributed by atoms with Gasteiger partial charge in [-0.05, 0) is 48.2 Å². The molecular weight excluding hydrogens is 383 g/mol. The number of hydrogen-bond acceptors (Lipinski definition) is 4. The van der Waals surface area contributed by atoms with E-state index in [4.69, 9.17) is 4.74 Å². The van der Waals surface area contributed by atoms with E-state index >= 15 is 0 Å². The van der Waals surface area contributed by atoms with Gasteiger partial charge in [0.1, 0.15) is 12.4 Å². The van der Waals surface area contributed by atoms with Crippen LogP contribution in [0.3, 0.4) is 0 Å². The van der Waals surface area contributed by atoms with Crippen molar-refractivity contribution in [2.24, 2.45) is 0 Å². The lowest BCUT2D eigenvalue weighted by atomic mass is 9.74. The number of nitrogens with zero attached hydrogens (tertiary/aromatic N) is 2. The Balaban J connectivity index is 1.55. The standard InChI is InChI=1S/C24H29FN2O3/c1-30-16-23(29)26-12-2-3-13-27-21(14-26)24(22(27)15-28)19-6-4-17(5-7-19)18-8-10-20(25)11-9-18/h4-11,21-22,24,28H,2-3,12-16H2,1H3/t21-,22+,24-/m0/s1. The molecule has 5 nitrogen and oxygen atoms in total. The maximum atomic E-state index is 13.2. The third-order valence-electron chi connectivity index (χ3n) is 6.46. The molecule has 2 aliphatic heterocycles. The first-order valence-electron chi connectivity index (χ1n) is 10.6. The third-order valence-corrected chi connectivity index (χ3v) is 6.46. The molecule has 0 spiro atoms. The Labute approximate surface area is 177 Å². The maximum absolute atomic E-state index is 13.2. The van der Waals surface area contributed by atoms with E-state index in [9.17, 15) is 14.3 Å². The Morgan fingerprint density at radius 1 is 1.07 bits per heavy atom. The number of aliphatic hydroxyl groups excluding tert-OH is 1. The average Bonchev–Trinajstić information content (AvgIpc) is 2.74. The van der Waals surface area contributed by atoms with Crippen molar-refractivity contribution in [1.82, 2.24) is 9.80 Å². The van der Waals surface area contributed by atoms with Crippen molar-refractivity contribution in [1.29, 1.82) is 0 Å². The van der Waals surface area contributed by atoms with Crippen LogP contribution >= 0.6 is 0 Å². The van der Waals surface area contributed by atoms with Crippen LogP contribution in [0, 0.1) is 5.82 Å².